The molecule has 1 aliphatic rings. The lowest BCUT2D eigenvalue weighted by molar-refractivity contribution is -0.124. The lowest BCUT2D eigenvalue weighted by atomic mass is 10.1. The number of urea groups is 1. The zero-order valence-electron chi connectivity index (χ0n) is 26.3. The van der Waals surface area contributed by atoms with Crippen LogP contribution in [0, 0.1) is 0 Å². The molecule has 1 atom stereocenters. The van der Waals surface area contributed by atoms with Gasteiger partial charge in [0.25, 0.3) is 0 Å². The van der Waals surface area contributed by atoms with Gasteiger partial charge in [0.15, 0.2) is 0 Å². The van der Waals surface area contributed by atoms with Crippen molar-refractivity contribution in [3.63, 3.8) is 0 Å². The van der Waals surface area contributed by atoms with Crippen LogP contribution in [0.15, 0.2) is 0 Å². The Morgan fingerprint density at radius 1 is 0.538 bits per heavy atom. The van der Waals surface area contributed by atoms with Crippen LogP contribution in [0.3, 0.4) is 0 Å². The summed E-state index contributed by atoms with van der Waals surface area (Å²) in [5.41, 5.74) is 0. The van der Waals surface area contributed by atoms with E-state index in [4.69, 9.17) is 0 Å². The zero-order chi connectivity index (χ0) is 28.2. The van der Waals surface area contributed by atoms with Crippen LogP contribution in [0.5, 0.6) is 0 Å². The highest BCUT2D eigenvalue weighted by molar-refractivity contribution is 5.87. The van der Waals surface area contributed by atoms with Crippen molar-refractivity contribution in [3.8, 4) is 0 Å². The molecule has 1 unspecified atom stereocenters. The minimum absolute atomic E-state index is 0.0380. The van der Waals surface area contributed by atoms with Gasteiger partial charge in [-0.1, -0.05) is 155 Å². The molecule has 1 aliphatic heterocycles. The Morgan fingerprint density at radius 2 is 0.897 bits per heavy atom. The minimum atomic E-state index is -0.288. The number of rotatable bonds is 27. The van der Waals surface area contributed by atoms with Gasteiger partial charge in [-0.25, -0.2) is 4.79 Å². The Bertz CT molecular complexity index is 521. The van der Waals surface area contributed by atoms with E-state index in [2.05, 4.69) is 24.5 Å². The SMILES string of the molecule is CCCCCCCCCCCCCCNC(=O)C1CCCN1C(=O)NCCCCCCCCCCCCCC. The maximum Gasteiger partial charge on any atom is 0.318 e. The number of carbonyl (C=O) groups excluding carboxylic acids is 2. The van der Waals surface area contributed by atoms with E-state index < -0.39 is 0 Å². The van der Waals surface area contributed by atoms with E-state index in [0.29, 0.717) is 6.54 Å². The molecule has 0 aromatic rings. The van der Waals surface area contributed by atoms with Gasteiger partial charge in [-0.2, -0.15) is 0 Å². The van der Waals surface area contributed by atoms with Crippen molar-refractivity contribution >= 4 is 11.9 Å². The summed E-state index contributed by atoms with van der Waals surface area (Å²) in [5.74, 6) is 0.0380. The fraction of sp³-hybridized carbons (Fsp3) is 0.941. The first-order chi connectivity index (χ1) is 19.2. The summed E-state index contributed by atoms with van der Waals surface area (Å²) in [6.07, 6.45) is 33.4. The average molecular weight is 550 g/mol. The number of likely N-dealkylation sites (tertiary alicyclic amines) is 1. The second-order valence-corrected chi connectivity index (χ2v) is 12.2. The largest absolute Gasteiger partial charge is 0.354 e. The minimum Gasteiger partial charge on any atom is -0.354 e. The van der Waals surface area contributed by atoms with Gasteiger partial charge in [0.2, 0.25) is 5.91 Å². The lowest BCUT2D eigenvalue weighted by Crippen LogP contribution is -2.49. The summed E-state index contributed by atoms with van der Waals surface area (Å²) in [7, 11) is 0. The average Bonchev–Trinajstić information content (AvgIpc) is 3.44. The van der Waals surface area contributed by atoms with Crippen LogP contribution >= 0.6 is 0 Å². The van der Waals surface area contributed by atoms with E-state index >= 15 is 0 Å². The van der Waals surface area contributed by atoms with Crippen LogP contribution < -0.4 is 10.6 Å². The first-order valence-electron chi connectivity index (χ1n) is 17.5. The highest BCUT2D eigenvalue weighted by atomic mass is 16.2. The molecule has 1 saturated heterocycles. The first kappa shape index (κ1) is 35.8. The maximum atomic E-state index is 12.7. The van der Waals surface area contributed by atoms with Crippen molar-refractivity contribution in [1.29, 1.82) is 0 Å². The van der Waals surface area contributed by atoms with Crippen molar-refractivity contribution in [3.05, 3.63) is 0 Å². The van der Waals surface area contributed by atoms with E-state index in [0.717, 1.165) is 38.8 Å². The number of amides is 3. The van der Waals surface area contributed by atoms with E-state index in [1.54, 1.807) is 4.90 Å². The van der Waals surface area contributed by atoms with Gasteiger partial charge in [-0.15, -0.1) is 0 Å². The van der Waals surface area contributed by atoms with E-state index in [1.165, 1.54) is 141 Å². The predicted molar refractivity (Wildman–Crippen MR) is 168 cm³/mol. The third-order valence-corrected chi connectivity index (χ3v) is 8.45. The van der Waals surface area contributed by atoms with Crippen LogP contribution in [0.1, 0.15) is 181 Å². The summed E-state index contributed by atoms with van der Waals surface area (Å²) in [6, 6.07) is -0.342. The van der Waals surface area contributed by atoms with Gasteiger partial charge in [0, 0.05) is 19.6 Å². The Kier molecular flexibility index (Phi) is 24.7. The summed E-state index contributed by atoms with van der Waals surface area (Å²) < 4.78 is 0. The fourth-order valence-electron chi connectivity index (χ4n) is 5.84. The molecule has 0 spiro atoms. The molecule has 1 heterocycles. The molecular weight excluding hydrogens is 482 g/mol. The van der Waals surface area contributed by atoms with E-state index in [1.807, 2.05) is 0 Å². The molecule has 0 aromatic carbocycles. The second-order valence-electron chi connectivity index (χ2n) is 12.2. The Balaban J connectivity index is 1.96. The lowest BCUT2D eigenvalue weighted by Gasteiger charge is -2.24. The smallest absolute Gasteiger partial charge is 0.318 e. The van der Waals surface area contributed by atoms with Crippen LogP contribution in [0.4, 0.5) is 4.79 Å². The van der Waals surface area contributed by atoms with Crippen molar-refractivity contribution in [2.24, 2.45) is 0 Å². The normalized spacial score (nSPS) is 15.1. The molecule has 0 radical (unpaired) electrons. The van der Waals surface area contributed by atoms with Gasteiger partial charge in [-0.3, -0.25) is 4.79 Å². The zero-order valence-corrected chi connectivity index (χ0v) is 26.3. The number of nitrogens with one attached hydrogen (secondary N) is 2. The molecule has 5 heteroatoms. The molecule has 230 valence electrons. The van der Waals surface area contributed by atoms with Crippen LogP contribution in [-0.2, 0) is 4.79 Å². The highest BCUT2D eigenvalue weighted by Gasteiger charge is 2.33. The molecule has 39 heavy (non-hydrogen) atoms. The van der Waals surface area contributed by atoms with Gasteiger partial charge in [0.1, 0.15) is 6.04 Å². The van der Waals surface area contributed by atoms with Crippen LogP contribution in [-0.4, -0.2) is 42.5 Å². The highest BCUT2D eigenvalue weighted by Crippen LogP contribution is 2.18. The van der Waals surface area contributed by atoms with Crippen molar-refractivity contribution < 1.29 is 9.59 Å². The number of nitrogens with zero attached hydrogens (tertiary/aromatic N) is 1. The van der Waals surface area contributed by atoms with Crippen molar-refractivity contribution in [2.75, 3.05) is 19.6 Å². The Labute approximate surface area is 243 Å². The molecule has 3 amide bonds. The topological polar surface area (TPSA) is 61.4 Å². The maximum absolute atomic E-state index is 12.7. The Hall–Kier alpha value is -1.26. The number of carbonyl (C=O) groups is 2. The van der Waals surface area contributed by atoms with Gasteiger partial charge < -0.3 is 15.5 Å². The molecule has 0 aliphatic carbocycles. The molecule has 2 N–H and O–H groups in total. The predicted octanol–water partition coefficient (Wildman–Crippen LogP) is 9.68. The Morgan fingerprint density at radius 3 is 1.31 bits per heavy atom. The number of unbranched alkanes of at least 4 members (excludes halogenated alkanes) is 22. The quantitative estimate of drug-likeness (QED) is 0.100. The summed E-state index contributed by atoms with van der Waals surface area (Å²) in [5, 5.41) is 6.17. The van der Waals surface area contributed by atoms with Crippen LogP contribution in [0.2, 0.25) is 0 Å². The monoisotopic (exact) mass is 550 g/mol. The second kappa shape index (κ2) is 26.9. The molecule has 1 fully saturated rings. The van der Waals surface area contributed by atoms with E-state index in [9.17, 15) is 9.59 Å². The molecule has 0 saturated carbocycles. The fourth-order valence-corrected chi connectivity index (χ4v) is 5.84. The molecule has 0 aromatic heterocycles. The van der Waals surface area contributed by atoms with Gasteiger partial charge in [0.05, 0.1) is 0 Å². The van der Waals surface area contributed by atoms with Crippen LogP contribution in [0.25, 0.3) is 0 Å². The third kappa shape index (κ3) is 20.3. The molecule has 0 bridgehead atoms. The third-order valence-electron chi connectivity index (χ3n) is 8.45. The van der Waals surface area contributed by atoms with E-state index in [-0.39, 0.29) is 18.0 Å². The van der Waals surface area contributed by atoms with Gasteiger partial charge in [-0.05, 0) is 25.7 Å². The molecule has 1 rings (SSSR count). The summed E-state index contributed by atoms with van der Waals surface area (Å²) >= 11 is 0. The number of hydrogen-bond donors (Lipinski definition) is 2. The standard InChI is InChI=1S/C34H67N3O2/c1-3-5-7-9-11-13-15-17-19-21-23-25-29-35-33(38)32-28-27-31-37(32)34(39)36-30-26-24-22-20-18-16-14-12-10-8-6-4-2/h32H,3-31H2,1-2H3,(H,35,38)(H,36,39). The number of hydrogen-bond acceptors (Lipinski definition) is 2. The van der Waals surface area contributed by atoms with Crippen molar-refractivity contribution in [2.45, 2.75) is 187 Å². The molecular formula is C34H67N3O2. The van der Waals surface area contributed by atoms with Crippen molar-refractivity contribution in [1.82, 2.24) is 15.5 Å². The van der Waals surface area contributed by atoms with Gasteiger partial charge >= 0.3 is 6.03 Å². The summed E-state index contributed by atoms with van der Waals surface area (Å²) in [4.78, 5) is 27.2. The molecule has 5 nitrogen and oxygen atoms in total. The first-order valence-corrected chi connectivity index (χ1v) is 17.5. The summed E-state index contributed by atoms with van der Waals surface area (Å²) in [6.45, 7) is 6.70.